The second-order valence-corrected chi connectivity index (χ2v) is 6.24. The van der Waals surface area contributed by atoms with Crippen molar-refractivity contribution in [2.75, 3.05) is 19.5 Å². The number of aromatic nitrogens is 2. The highest BCUT2D eigenvalue weighted by molar-refractivity contribution is 6.02. The Balaban J connectivity index is 1.85. The Morgan fingerprint density at radius 1 is 1.03 bits per heavy atom. The summed E-state index contributed by atoms with van der Waals surface area (Å²) in [7, 11) is 3.05. The van der Waals surface area contributed by atoms with E-state index in [1.165, 1.54) is 26.4 Å². The van der Waals surface area contributed by atoms with Crippen molar-refractivity contribution in [1.82, 2.24) is 9.78 Å². The van der Waals surface area contributed by atoms with E-state index >= 15 is 0 Å². The highest BCUT2D eigenvalue weighted by Crippen LogP contribution is 2.31. The van der Waals surface area contributed by atoms with Crippen molar-refractivity contribution in [2.24, 2.45) is 5.73 Å². The van der Waals surface area contributed by atoms with Gasteiger partial charge in [-0.3, -0.25) is 14.4 Å². The van der Waals surface area contributed by atoms with Crippen LogP contribution in [-0.4, -0.2) is 35.8 Å². The van der Waals surface area contributed by atoms with Gasteiger partial charge in [-0.25, -0.2) is 4.68 Å². The van der Waals surface area contributed by atoms with E-state index in [9.17, 15) is 14.4 Å². The third-order valence-electron chi connectivity index (χ3n) is 4.31. The van der Waals surface area contributed by atoms with Crippen LogP contribution in [0.5, 0.6) is 11.5 Å². The zero-order valence-electron chi connectivity index (χ0n) is 16.4. The molecule has 0 saturated heterocycles. The molecule has 0 fully saturated rings. The molecule has 3 rings (SSSR count). The molecule has 3 aromatic rings. The molecule has 0 saturated carbocycles. The van der Waals surface area contributed by atoms with Gasteiger partial charge in [-0.05, 0) is 36.4 Å². The summed E-state index contributed by atoms with van der Waals surface area (Å²) in [5.74, 6) is -0.128. The van der Waals surface area contributed by atoms with Crippen molar-refractivity contribution in [3.05, 3.63) is 70.5 Å². The van der Waals surface area contributed by atoms with E-state index in [4.69, 9.17) is 15.2 Å². The number of primary amides is 1. The molecule has 0 spiro atoms. The molecule has 0 radical (unpaired) electrons. The number of methoxy groups -OCH3 is 2. The van der Waals surface area contributed by atoms with Gasteiger partial charge < -0.3 is 20.5 Å². The Morgan fingerprint density at radius 3 is 2.47 bits per heavy atom. The first kappa shape index (κ1) is 20.6. The molecule has 1 heterocycles. The minimum Gasteiger partial charge on any atom is -0.493 e. The predicted octanol–water partition coefficient (Wildman–Crippen LogP) is 1.67. The number of anilines is 1. The van der Waals surface area contributed by atoms with E-state index in [2.05, 4.69) is 10.4 Å². The van der Waals surface area contributed by atoms with E-state index in [-0.39, 0.29) is 17.8 Å². The number of para-hydroxylation sites is 1. The van der Waals surface area contributed by atoms with Crippen LogP contribution in [-0.2, 0) is 11.3 Å². The van der Waals surface area contributed by atoms with Crippen molar-refractivity contribution in [2.45, 2.75) is 6.54 Å². The van der Waals surface area contributed by atoms with Gasteiger partial charge >= 0.3 is 0 Å². The number of hydrogen-bond acceptors (Lipinski definition) is 6. The summed E-state index contributed by atoms with van der Waals surface area (Å²) in [6.07, 6.45) is 0. The van der Waals surface area contributed by atoms with Gasteiger partial charge in [0.25, 0.3) is 11.5 Å². The summed E-state index contributed by atoms with van der Waals surface area (Å²) in [6, 6.07) is 14.4. The molecule has 0 aliphatic heterocycles. The Labute approximate surface area is 172 Å². The molecule has 0 bridgehead atoms. The smallest absolute Gasteiger partial charge is 0.267 e. The number of nitrogens with one attached hydrogen (secondary N) is 1. The van der Waals surface area contributed by atoms with Crippen LogP contribution in [0.1, 0.15) is 10.4 Å². The Bertz CT molecular complexity index is 1160. The van der Waals surface area contributed by atoms with Gasteiger partial charge in [-0.15, -0.1) is 0 Å². The zero-order chi connectivity index (χ0) is 21.7. The highest BCUT2D eigenvalue weighted by atomic mass is 16.5. The van der Waals surface area contributed by atoms with Crippen molar-refractivity contribution < 1.29 is 19.1 Å². The van der Waals surface area contributed by atoms with Crippen LogP contribution in [0.15, 0.2) is 59.4 Å². The lowest BCUT2D eigenvalue weighted by atomic mass is 10.1. The summed E-state index contributed by atoms with van der Waals surface area (Å²) in [6.45, 7) is -0.340. The number of carbonyl (C=O) groups is 2. The molecule has 2 aromatic carbocycles. The molecule has 1 aromatic heterocycles. The minimum absolute atomic E-state index is 0.172. The van der Waals surface area contributed by atoms with Gasteiger partial charge in [-0.1, -0.05) is 12.1 Å². The molecule has 30 heavy (non-hydrogen) atoms. The molecule has 2 amide bonds. The molecule has 0 atom stereocenters. The number of carbonyl (C=O) groups excluding carboxylic acids is 2. The van der Waals surface area contributed by atoms with Gasteiger partial charge in [0.15, 0.2) is 11.5 Å². The number of ether oxygens (including phenoxy) is 2. The van der Waals surface area contributed by atoms with Crippen molar-refractivity contribution in [1.29, 1.82) is 0 Å². The summed E-state index contributed by atoms with van der Waals surface area (Å²) in [5.41, 5.74) is 6.46. The van der Waals surface area contributed by atoms with E-state index in [0.29, 0.717) is 22.8 Å². The quantitative estimate of drug-likeness (QED) is 0.612. The Hall–Kier alpha value is -4.14. The fourth-order valence-electron chi connectivity index (χ4n) is 2.84. The normalized spacial score (nSPS) is 10.3. The number of amides is 2. The van der Waals surface area contributed by atoms with Gasteiger partial charge in [0.1, 0.15) is 6.54 Å². The van der Waals surface area contributed by atoms with Crippen LogP contribution >= 0.6 is 0 Å². The lowest BCUT2D eigenvalue weighted by molar-refractivity contribution is -0.117. The Kier molecular flexibility index (Phi) is 6.11. The number of benzene rings is 2. The van der Waals surface area contributed by atoms with Crippen LogP contribution in [0.2, 0.25) is 0 Å². The lowest BCUT2D eigenvalue weighted by Crippen LogP contribution is -2.30. The molecule has 0 aliphatic carbocycles. The minimum atomic E-state index is -0.670. The molecular weight excluding hydrogens is 388 g/mol. The molecule has 0 aliphatic rings. The topological polar surface area (TPSA) is 126 Å². The SMILES string of the molecule is COc1ccc(-c2ccc(=O)n(CC(=O)Nc3ccccc3C(N)=O)n2)cc1OC. The summed E-state index contributed by atoms with van der Waals surface area (Å²) in [5, 5.41) is 6.85. The average Bonchev–Trinajstić information content (AvgIpc) is 2.75. The van der Waals surface area contributed by atoms with Crippen LogP contribution in [0.25, 0.3) is 11.3 Å². The first-order valence-corrected chi connectivity index (χ1v) is 8.92. The van der Waals surface area contributed by atoms with E-state index < -0.39 is 17.4 Å². The van der Waals surface area contributed by atoms with Crippen LogP contribution in [0.3, 0.4) is 0 Å². The molecule has 9 heteroatoms. The first-order chi connectivity index (χ1) is 14.4. The van der Waals surface area contributed by atoms with Crippen molar-refractivity contribution in [3.63, 3.8) is 0 Å². The molecule has 154 valence electrons. The summed E-state index contributed by atoms with van der Waals surface area (Å²) >= 11 is 0. The van der Waals surface area contributed by atoms with Gasteiger partial charge in [0.05, 0.1) is 31.2 Å². The van der Waals surface area contributed by atoms with Gasteiger partial charge in [0, 0.05) is 11.6 Å². The van der Waals surface area contributed by atoms with E-state index in [1.807, 2.05) is 0 Å². The fourth-order valence-corrected chi connectivity index (χ4v) is 2.84. The fraction of sp³-hybridized carbons (Fsp3) is 0.143. The third kappa shape index (κ3) is 4.46. The monoisotopic (exact) mass is 408 g/mol. The largest absolute Gasteiger partial charge is 0.493 e. The average molecular weight is 408 g/mol. The molecule has 0 unspecified atom stereocenters. The zero-order valence-corrected chi connectivity index (χ0v) is 16.4. The van der Waals surface area contributed by atoms with Gasteiger partial charge in [-0.2, -0.15) is 5.10 Å². The van der Waals surface area contributed by atoms with Crippen LogP contribution < -0.4 is 26.1 Å². The maximum atomic E-state index is 12.4. The first-order valence-electron chi connectivity index (χ1n) is 8.92. The van der Waals surface area contributed by atoms with Crippen molar-refractivity contribution >= 4 is 17.5 Å². The standard InChI is InChI=1S/C21H20N4O5/c1-29-17-9-7-13(11-18(17)30-2)15-8-10-20(27)25(24-15)12-19(26)23-16-6-4-3-5-14(16)21(22)28/h3-11H,12H2,1-2H3,(H2,22,28)(H,23,26). The second-order valence-electron chi connectivity index (χ2n) is 6.24. The summed E-state index contributed by atoms with van der Waals surface area (Å²) in [4.78, 5) is 36.1. The second kappa shape index (κ2) is 8.91. The molecule has 3 N–H and O–H groups in total. The van der Waals surface area contributed by atoms with Gasteiger partial charge in [0.2, 0.25) is 5.91 Å². The predicted molar refractivity (Wildman–Crippen MR) is 111 cm³/mol. The molecule has 9 nitrogen and oxygen atoms in total. The van der Waals surface area contributed by atoms with E-state index in [1.54, 1.807) is 42.5 Å². The maximum Gasteiger partial charge on any atom is 0.267 e. The van der Waals surface area contributed by atoms with Crippen molar-refractivity contribution in [3.8, 4) is 22.8 Å². The number of nitrogens with zero attached hydrogens (tertiary/aromatic N) is 2. The van der Waals surface area contributed by atoms with E-state index in [0.717, 1.165) is 4.68 Å². The highest BCUT2D eigenvalue weighted by Gasteiger charge is 2.13. The van der Waals surface area contributed by atoms with Crippen LogP contribution in [0, 0.1) is 0 Å². The Morgan fingerprint density at radius 2 is 1.77 bits per heavy atom. The van der Waals surface area contributed by atoms with Crippen LogP contribution in [0.4, 0.5) is 5.69 Å². The number of rotatable bonds is 7. The maximum absolute atomic E-state index is 12.4. The summed E-state index contributed by atoms with van der Waals surface area (Å²) < 4.78 is 11.5. The third-order valence-corrected chi connectivity index (χ3v) is 4.31. The number of hydrogen-bond donors (Lipinski definition) is 2. The number of nitrogens with two attached hydrogens (primary N) is 1. The lowest BCUT2D eigenvalue weighted by Gasteiger charge is -2.11. The molecular formula is C21H20N4O5.